The van der Waals surface area contributed by atoms with Crippen molar-refractivity contribution in [2.45, 2.75) is 91.3 Å². The third-order valence-corrected chi connectivity index (χ3v) is 7.16. The molecule has 214 valence electrons. The van der Waals surface area contributed by atoms with Crippen molar-refractivity contribution in [2.24, 2.45) is 5.10 Å². The van der Waals surface area contributed by atoms with Crippen LogP contribution in [0.4, 0.5) is 4.79 Å². The molecule has 0 bridgehead atoms. The molecule has 1 atom stereocenters. The largest absolute Gasteiger partial charge is 0.444 e. The van der Waals surface area contributed by atoms with Gasteiger partial charge in [0.05, 0.1) is 11.9 Å². The fraction of sp³-hybridized carbons (Fsp3) is 0.586. The topological polar surface area (TPSA) is 101 Å². The molecule has 1 aliphatic carbocycles. The van der Waals surface area contributed by atoms with Crippen LogP contribution in [0.2, 0.25) is 0 Å². The van der Waals surface area contributed by atoms with Crippen molar-refractivity contribution < 1.29 is 14.3 Å². The van der Waals surface area contributed by atoms with Gasteiger partial charge in [-0.25, -0.2) is 14.5 Å². The van der Waals surface area contributed by atoms with Crippen molar-refractivity contribution in [3.63, 3.8) is 0 Å². The van der Waals surface area contributed by atoms with Crippen LogP contribution in [0, 0.1) is 6.92 Å². The zero-order valence-electron chi connectivity index (χ0n) is 24.3. The molecule has 1 aliphatic rings. The van der Waals surface area contributed by atoms with E-state index in [1.807, 2.05) is 63.7 Å². The molecule has 39 heavy (non-hydrogen) atoms. The molecular weight excluding hydrogens is 560 g/mol. The van der Waals surface area contributed by atoms with Crippen LogP contribution in [0.25, 0.3) is 11.3 Å². The molecule has 2 N–H and O–H groups in total. The standard InChI is InChI=1S/C29H43BrN6O3/c1-8-26-32-18-24(21-9-12-23(19(2)17-21)27(37)33-22-10-11-22)36(26)34-25(30)14-16-31-15-13-20(3)35(7)28(38)39-29(4,5)6/h9,12,17-18,20,22,31H,8,10-11,13-16H2,1-7H3,(H,33,37). The predicted octanol–water partition coefficient (Wildman–Crippen LogP) is 5.49. The van der Waals surface area contributed by atoms with Crippen LogP contribution >= 0.6 is 15.9 Å². The molecule has 2 amide bonds. The van der Waals surface area contributed by atoms with E-state index in [0.717, 1.165) is 66.0 Å². The summed E-state index contributed by atoms with van der Waals surface area (Å²) in [5, 5.41) is 11.3. The minimum absolute atomic E-state index is 0.0107. The van der Waals surface area contributed by atoms with Gasteiger partial charge in [-0.3, -0.25) is 4.79 Å². The van der Waals surface area contributed by atoms with Gasteiger partial charge in [-0.15, -0.1) is 0 Å². The number of aryl methyl sites for hydroxylation is 2. The molecule has 10 heteroatoms. The van der Waals surface area contributed by atoms with Crippen molar-refractivity contribution in [3.05, 3.63) is 41.3 Å². The van der Waals surface area contributed by atoms with Gasteiger partial charge >= 0.3 is 6.09 Å². The SMILES string of the molecule is CCc1ncc(-c2ccc(C(=O)NC3CC3)c(C)c2)n1N=C(Br)CCNCCC(C)N(C)C(=O)OC(C)(C)C. The van der Waals surface area contributed by atoms with E-state index in [4.69, 9.17) is 9.84 Å². The van der Waals surface area contributed by atoms with Gasteiger partial charge in [0.25, 0.3) is 5.91 Å². The lowest BCUT2D eigenvalue weighted by molar-refractivity contribution is 0.0230. The van der Waals surface area contributed by atoms with Crippen LogP contribution in [-0.4, -0.2) is 69.0 Å². The summed E-state index contributed by atoms with van der Waals surface area (Å²) in [4.78, 5) is 31.0. The van der Waals surface area contributed by atoms with E-state index in [9.17, 15) is 9.59 Å². The Labute approximate surface area is 240 Å². The normalized spacial score (nSPS) is 14.7. The summed E-state index contributed by atoms with van der Waals surface area (Å²) < 4.78 is 8.13. The number of aromatic nitrogens is 2. The first-order valence-electron chi connectivity index (χ1n) is 13.8. The van der Waals surface area contributed by atoms with Crippen molar-refractivity contribution in [1.29, 1.82) is 0 Å². The smallest absolute Gasteiger partial charge is 0.410 e. The van der Waals surface area contributed by atoms with Gasteiger partial charge in [0, 0.05) is 49.6 Å². The first-order chi connectivity index (χ1) is 18.4. The van der Waals surface area contributed by atoms with Gasteiger partial charge in [0.15, 0.2) is 0 Å². The maximum Gasteiger partial charge on any atom is 0.410 e. The Morgan fingerprint density at radius 1 is 1.28 bits per heavy atom. The first kappa shape index (κ1) is 30.8. The monoisotopic (exact) mass is 602 g/mol. The number of nitrogens with zero attached hydrogens (tertiary/aromatic N) is 4. The highest BCUT2D eigenvalue weighted by molar-refractivity contribution is 9.18. The van der Waals surface area contributed by atoms with Gasteiger partial charge in [-0.2, -0.15) is 5.10 Å². The Morgan fingerprint density at radius 2 is 2.00 bits per heavy atom. The van der Waals surface area contributed by atoms with Crippen molar-refractivity contribution in [2.75, 3.05) is 20.1 Å². The highest BCUT2D eigenvalue weighted by Crippen LogP contribution is 2.26. The second-order valence-electron chi connectivity index (χ2n) is 11.2. The van der Waals surface area contributed by atoms with Crippen molar-refractivity contribution in [3.8, 4) is 11.3 Å². The Morgan fingerprint density at radius 3 is 2.62 bits per heavy atom. The van der Waals surface area contributed by atoms with Crippen LogP contribution in [-0.2, 0) is 11.2 Å². The molecule has 1 aromatic heterocycles. The van der Waals surface area contributed by atoms with Gasteiger partial charge < -0.3 is 20.3 Å². The fourth-order valence-electron chi connectivity index (χ4n) is 4.00. The maximum absolute atomic E-state index is 12.5. The number of nitrogens with one attached hydrogen (secondary N) is 2. The number of halogens is 1. The number of rotatable bonds is 12. The molecule has 0 saturated heterocycles. The molecule has 1 fully saturated rings. The summed E-state index contributed by atoms with van der Waals surface area (Å²) in [6.07, 6.45) is 5.91. The lowest BCUT2D eigenvalue weighted by atomic mass is 10.0. The van der Waals surface area contributed by atoms with Crippen LogP contribution in [0.5, 0.6) is 0 Å². The summed E-state index contributed by atoms with van der Waals surface area (Å²) in [5.41, 5.74) is 2.97. The minimum Gasteiger partial charge on any atom is -0.444 e. The molecule has 1 heterocycles. The Hall–Kier alpha value is -2.72. The number of hydrogen-bond acceptors (Lipinski definition) is 6. The van der Waals surface area contributed by atoms with E-state index in [1.165, 1.54) is 0 Å². The number of imidazole rings is 1. The highest BCUT2D eigenvalue weighted by atomic mass is 79.9. The molecule has 9 nitrogen and oxygen atoms in total. The number of carbonyl (C=O) groups excluding carboxylic acids is 2. The minimum atomic E-state index is -0.504. The Balaban J connectivity index is 1.56. The molecule has 0 aliphatic heterocycles. The fourth-order valence-corrected chi connectivity index (χ4v) is 4.35. The number of hydrogen-bond donors (Lipinski definition) is 2. The maximum atomic E-state index is 12.5. The second-order valence-corrected chi connectivity index (χ2v) is 12.1. The molecule has 1 unspecified atom stereocenters. The van der Waals surface area contributed by atoms with Gasteiger partial charge in [-0.1, -0.05) is 13.0 Å². The third kappa shape index (κ3) is 9.17. The van der Waals surface area contributed by atoms with Crippen LogP contribution in [0.1, 0.15) is 82.0 Å². The molecule has 0 radical (unpaired) electrons. The van der Waals surface area contributed by atoms with Crippen LogP contribution < -0.4 is 10.6 Å². The van der Waals surface area contributed by atoms with Crippen LogP contribution in [0.3, 0.4) is 0 Å². The zero-order chi connectivity index (χ0) is 28.7. The summed E-state index contributed by atoms with van der Waals surface area (Å²) >= 11 is 3.63. The van der Waals surface area contributed by atoms with E-state index in [1.54, 1.807) is 11.9 Å². The molecule has 1 saturated carbocycles. The first-order valence-corrected chi connectivity index (χ1v) is 14.6. The molecule has 2 aromatic rings. The second kappa shape index (κ2) is 13.6. The predicted molar refractivity (Wildman–Crippen MR) is 160 cm³/mol. The molecule has 0 spiro atoms. The zero-order valence-corrected chi connectivity index (χ0v) is 25.9. The molecular formula is C29H43BrN6O3. The quantitative estimate of drug-likeness (QED) is 0.247. The number of benzene rings is 1. The van der Waals surface area contributed by atoms with E-state index in [-0.39, 0.29) is 18.0 Å². The lowest BCUT2D eigenvalue weighted by Crippen LogP contribution is -2.40. The van der Waals surface area contributed by atoms with E-state index < -0.39 is 5.60 Å². The van der Waals surface area contributed by atoms with Crippen LogP contribution in [0.15, 0.2) is 29.5 Å². The lowest BCUT2D eigenvalue weighted by Gasteiger charge is -2.28. The average Bonchev–Trinajstić information content (AvgIpc) is 3.58. The Kier molecular flexibility index (Phi) is 10.7. The number of ether oxygens (including phenoxy) is 1. The van der Waals surface area contributed by atoms with E-state index >= 15 is 0 Å². The summed E-state index contributed by atoms with van der Waals surface area (Å²) in [7, 11) is 1.77. The van der Waals surface area contributed by atoms with E-state index in [2.05, 4.69) is 38.5 Å². The number of carbonyl (C=O) groups is 2. The van der Waals surface area contributed by atoms with Gasteiger partial charge in [0.2, 0.25) is 0 Å². The summed E-state index contributed by atoms with van der Waals surface area (Å²) in [5.74, 6) is 0.852. The third-order valence-electron chi connectivity index (χ3n) is 6.60. The number of amides is 2. The Bertz CT molecular complexity index is 1180. The summed E-state index contributed by atoms with van der Waals surface area (Å²) in [6.45, 7) is 13.1. The van der Waals surface area contributed by atoms with Crippen molar-refractivity contribution in [1.82, 2.24) is 25.2 Å². The average molecular weight is 604 g/mol. The van der Waals surface area contributed by atoms with E-state index in [0.29, 0.717) is 18.0 Å². The van der Waals surface area contributed by atoms with Crippen molar-refractivity contribution >= 4 is 32.6 Å². The summed E-state index contributed by atoms with van der Waals surface area (Å²) in [6, 6.07) is 6.25. The van der Waals surface area contributed by atoms with Gasteiger partial charge in [0.1, 0.15) is 16.0 Å². The molecule has 3 rings (SSSR count). The highest BCUT2D eigenvalue weighted by Gasteiger charge is 2.25. The molecule has 1 aromatic carbocycles. The van der Waals surface area contributed by atoms with Gasteiger partial charge in [-0.05, 0) is 94.1 Å².